The Labute approximate surface area is 172 Å². The molecule has 0 spiro atoms. The van der Waals surface area contributed by atoms with E-state index in [1.807, 2.05) is 30.6 Å². The first-order valence-electron chi connectivity index (χ1n) is 11.4. The van der Waals surface area contributed by atoms with Crippen LogP contribution >= 0.6 is 0 Å². The minimum absolute atomic E-state index is 0.757. The monoisotopic (exact) mass is 382 g/mol. The van der Waals surface area contributed by atoms with Gasteiger partial charge >= 0.3 is 0 Å². The summed E-state index contributed by atoms with van der Waals surface area (Å²) in [7, 11) is 0. The quantitative estimate of drug-likeness (QED) is 0.301. The molecular weight excluding hydrogens is 344 g/mol. The van der Waals surface area contributed by atoms with Crippen LogP contribution in [0.5, 0.6) is 5.75 Å². The number of nitrogens with zero attached hydrogens (tertiary/aromatic N) is 2. The fourth-order valence-electron chi connectivity index (χ4n) is 3.40. The Bertz CT molecular complexity index is 639. The molecular formula is C25H38N2O. The summed E-state index contributed by atoms with van der Waals surface area (Å²) in [5.41, 5.74) is 2.21. The first-order valence-corrected chi connectivity index (χ1v) is 11.4. The Morgan fingerprint density at radius 3 is 2.04 bits per heavy atom. The summed E-state index contributed by atoms with van der Waals surface area (Å²) < 4.78 is 6.06. The van der Waals surface area contributed by atoms with Crippen LogP contribution in [-0.2, 0) is 6.42 Å². The first kappa shape index (κ1) is 22.4. The summed E-state index contributed by atoms with van der Waals surface area (Å²) in [6.07, 6.45) is 19.1. The van der Waals surface area contributed by atoms with E-state index in [0.29, 0.717) is 0 Å². The number of hydrogen-bond donors (Lipinski definition) is 0. The Hall–Kier alpha value is -1.90. The average molecular weight is 383 g/mol. The van der Waals surface area contributed by atoms with Crippen LogP contribution in [0.2, 0.25) is 0 Å². The van der Waals surface area contributed by atoms with Gasteiger partial charge in [-0.15, -0.1) is 0 Å². The van der Waals surface area contributed by atoms with Crippen LogP contribution in [0.4, 0.5) is 0 Å². The second-order valence-corrected chi connectivity index (χ2v) is 7.69. The molecule has 0 aliphatic rings. The Morgan fingerprint density at radius 2 is 1.32 bits per heavy atom. The second kappa shape index (κ2) is 14.1. The molecule has 1 aromatic heterocycles. The molecule has 2 rings (SSSR count). The maximum absolute atomic E-state index is 6.06. The lowest BCUT2D eigenvalue weighted by Crippen LogP contribution is -2.00. The minimum atomic E-state index is 0.757. The predicted molar refractivity (Wildman–Crippen MR) is 119 cm³/mol. The second-order valence-electron chi connectivity index (χ2n) is 7.69. The number of hydrogen-bond acceptors (Lipinski definition) is 3. The van der Waals surface area contributed by atoms with Crippen LogP contribution < -0.4 is 4.74 Å². The molecule has 0 N–H and O–H groups in total. The molecule has 1 aromatic carbocycles. The van der Waals surface area contributed by atoms with Gasteiger partial charge in [0.15, 0.2) is 5.82 Å². The van der Waals surface area contributed by atoms with Crippen molar-refractivity contribution in [2.75, 3.05) is 6.61 Å². The van der Waals surface area contributed by atoms with Gasteiger partial charge in [0.2, 0.25) is 0 Å². The molecule has 28 heavy (non-hydrogen) atoms. The molecule has 0 radical (unpaired) electrons. The highest BCUT2D eigenvalue weighted by Gasteiger charge is 2.08. The maximum atomic E-state index is 6.06. The summed E-state index contributed by atoms with van der Waals surface area (Å²) in [6, 6.07) is 8.12. The maximum Gasteiger partial charge on any atom is 0.162 e. The first-order chi connectivity index (χ1) is 13.8. The van der Waals surface area contributed by atoms with E-state index >= 15 is 0 Å². The summed E-state index contributed by atoms with van der Waals surface area (Å²) in [5, 5.41) is 0. The van der Waals surface area contributed by atoms with Gasteiger partial charge in [-0.05, 0) is 37.0 Å². The summed E-state index contributed by atoms with van der Waals surface area (Å²) >= 11 is 0. The normalized spacial score (nSPS) is 10.9. The third kappa shape index (κ3) is 8.41. The lowest BCUT2D eigenvalue weighted by molar-refractivity contribution is 0.305. The molecule has 0 fully saturated rings. The van der Waals surface area contributed by atoms with E-state index in [9.17, 15) is 0 Å². The molecule has 154 valence electrons. The minimum Gasteiger partial charge on any atom is -0.493 e. The predicted octanol–water partition coefficient (Wildman–Crippen LogP) is 7.40. The zero-order chi connectivity index (χ0) is 19.9. The van der Waals surface area contributed by atoms with Crippen LogP contribution in [0.1, 0.15) is 90.0 Å². The number of rotatable bonds is 15. The zero-order valence-corrected chi connectivity index (χ0v) is 18.0. The molecule has 0 amide bonds. The van der Waals surface area contributed by atoms with Crippen molar-refractivity contribution in [1.29, 1.82) is 0 Å². The fourth-order valence-corrected chi connectivity index (χ4v) is 3.40. The fraction of sp³-hybridized carbons (Fsp3) is 0.600. The third-order valence-corrected chi connectivity index (χ3v) is 5.16. The van der Waals surface area contributed by atoms with Crippen molar-refractivity contribution in [3.63, 3.8) is 0 Å². The third-order valence-electron chi connectivity index (χ3n) is 5.16. The topological polar surface area (TPSA) is 35.0 Å². The van der Waals surface area contributed by atoms with Crippen LogP contribution in [0.15, 0.2) is 36.7 Å². The Balaban J connectivity index is 1.80. The van der Waals surface area contributed by atoms with E-state index in [-0.39, 0.29) is 0 Å². The number of para-hydroxylation sites is 1. The van der Waals surface area contributed by atoms with Gasteiger partial charge in [0, 0.05) is 12.4 Å². The van der Waals surface area contributed by atoms with Crippen LogP contribution in [0.25, 0.3) is 11.4 Å². The lowest BCUT2D eigenvalue weighted by Gasteiger charge is -2.11. The molecule has 0 unspecified atom stereocenters. The molecule has 3 heteroatoms. The molecule has 0 aliphatic heterocycles. The summed E-state index contributed by atoms with van der Waals surface area (Å²) in [5.74, 6) is 1.65. The number of aromatic nitrogens is 2. The standard InChI is InChI=1S/C25H38N2O/c1-3-5-7-9-10-11-15-19-28-24-18-14-13-17-23(24)25-26-20-22(21-27-25)16-12-8-6-4-2/h13-14,17-18,20-21H,3-12,15-16,19H2,1-2H3. The number of unbranched alkanes of at least 4 members (excludes halogenated alkanes) is 9. The van der Waals surface area contributed by atoms with Gasteiger partial charge in [-0.3, -0.25) is 0 Å². The van der Waals surface area contributed by atoms with Gasteiger partial charge in [0.25, 0.3) is 0 Å². The number of benzene rings is 1. The Morgan fingerprint density at radius 1 is 0.714 bits per heavy atom. The van der Waals surface area contributed by atoms with Crippen molar-refractivity contribution in [2.24, 2.45) is 0 Å². The number of ether oxygens (including phenoxy) is 1. The van der Waals surface area contributed by atoms with Crippen molar-refractivity contribution >= 4 is 0 Å². The van der Waals surface area contributed by atoms with Gasteiger partial charge < -0.3 is 4.74 Å². The van der Waals surface area contributed by atoms with E-state index in [4.69, 9.17) is 4.74 Å². The zero-order valence-electron chi connectivity index (χ0n) is 18.0. The highest BCUT2D eigenvalue weighted by Crippen LogP contribution is 2.27. The van der Waals surface area contributed by atoms with Crippen molar-refractivity contribution in [2.45, 2.75) is 90.9 Å². The molecule has 0 saturated carbocycles. The SMILES string of the molecule is CCCCCCCCCOc1ccccc1-c1ncc(CCCCCC)cn1. The van der Waals surface area contributed by atoms with Gasteiger partial charge in [0.05, 0.1) is 12.2 Å². The smallest absolute Gasteiger partial charge is 0.162 e. The highest BCUT2D eigenvalue weighted by molar-refractivity contribution is 5.63. The number of aryl methyl sites for hydroxylation is 1. The van der Waals surface area contributed by atoms with Gasteiger partial charge in [-0.25, -0.2) is 9.97 Å². The van der Waals surface area contributed by atoms with E-state index in [1.54, 1.807) is 0 Å². The van der Waals surface area contributed by atoms with Crippen molar-refractivity contribution in [3.05, 3.63) is 42.2 Å². The van der Waals surface area contributed by atoms with Gasteiger partial charge in [-0.1, -0.05) is 83.8 Å². The van der Waals surface area contributed by atoms with Crippen LogP contribution in [-0.4, -0.2) is 16.6 Å². The van der Waals surface area contributed by atoms with Gasteiger partial charge in [-0.2, -0.15) is 0 Å². The summed E-state index contributed by atoms with van der Waals surface area (Å²) in [6.45, 7) is 5.27. The molecule has 0 atom stereocenters. The molecule has 1 heterocycles. The molecule has 0 saturated heterocycles. The Kier molecular flexibility index (Phi) is 11.3. The average Bonchev–Trinajstić information content (AvgIpc) is 2.74. The van der Waals surface area contributed by atoms with Crippen molar-refractivity contribution in [3.8, 4) is 17.1 Å². The van der Waals surface area contributed by atoms with E-state index < -0.39 is 0 Å². The van der Waals surface area contributed by atoms with Crippen molar-refractivity contribution in [1.82, 2.24) is 9.97 Å². The highest BCUT2D eigenvalue weighted by atomic mass is 16.5. The summed E-state index contributed by atoms with van der Waals surface area (Å²) in [4.78, 5) is 9.21. The van der Waals surface area contributed by atoms with Crippen molar-refractivity contribution < 1.29 is 4.74 Å². The molecule has 0 bridgehead atoms. The van der Waals surface area contributed by atoms with Crippen LogP contribution in [0.3, 0.4) is 0 Å². The molecule has 0 aliphatic carbocycles. The molecule has 2 aromatic rings. The van der Waals surface area contributed by atoms with E-state index in [1.165, 1.54) is 69.8 Å². The van der Waals surface area contributed by atoms with E-state index in [0.717, 1.165) is 36.6 Å². The largest absolute Gasteiger partial charge is 0.493 e. The van der Waals surface area contributed by atoms with Crippen LogP contribution in [0, 0.1) is 0 Å². The van der Waals surface area contributed by atoms with Gasteiger partial charge in [0.1, 0.15) is 5.75 Å². The molecule has 3 nitrogen and oxygen atoms in total. The lowest BCUT2D eigenvalue weighted by atomic mass is 10.1. The van der Waals surface area contributed by atoms with E-state index in [2.05, 4.69) is 29.9 Å².